The van der Waals surface area contributed by atoms with E-state index in [2.05, 4.69) is 10.4 Å². The Labute approximate surface area is 197 Å². The zero-order valence-corrected chi connectivity index (χ0v) is 19.3. The molecule has 0 spiro atoms. The lowest BCUT2D eigenvalue weighted by Crippen LogP contribution is -2.26. The molecule has 5 rings (SSSR count). The van der Waals surface area contributed by atoms with Crippen LogP contribution in [0.1, 0.15) is 38.4 Å². The average molecular weight is 455 g/mol. The molecule has 3 aromatic carbocycles. The predicted octanol–water partition coefficient (Wildman–Crippen LogP) is 5.11. The van der Waals surface area contributed by atoms with Gasteiger partial charge in [-0.25, -0.2) is 4.68 Å². The first-order chi connectivity index (χ1) is 16.3. The number of benzene rings is 3. The van der Waals surface area contributed by atoms with Gasteiger partial charge in [0.1, 0.15) is 17.1 Å². The zero-order chi connectivity index (χ0) is 24.0. The minimum Gasteiger partial charge on any atom is -0.508 e. The van der Waals surface area contributed by atoms with Gasteiger partial charge in [-0.2, -0.15) is 5.10 Å². The van der Waals surface area contributed by atoms with Crippen molar-refractivity contribution < 1.29 is 15.0 Å². The topological polar surface area (TPSA) is 90.6 Å². The first-order valence-electron chi connectivity index (χ1n) is 11.1. The van der Waals surface area contributed by atoms with Crippen molar-refractivity contribution in [1.82, 2.24) is 14.7 Å². The van der Waals surface area contributed by atoms with Crippen molar-refractivity contribution in [3.63, 3.8) is 0 Å². The van der Waals surface area contributed by atoms with E-state index in [9.17, 15) is 15.0 Å². The molecular formula is C27H26N4O3. The molecule has 0 unspecified atom stereocenters. The molecule has 1 aromatic heterocycles. The Morgan fingerprint density at radius 3 is 2.32 bits per heavy atom. The summed E-state index contributed by atoms with van der Waals surface area (Å²) in [7, 11) is 0. The second-order valence-corrected chi connectivity index (χ2v) is 8.74. The summed E-state index contributed by atoms with van der Waals surface area (Å²) in [6.07, 6.45) is 0. The number of carbonyl (C=O) groups excluding carboxylic acids is 1. The van der Waals surface area contributed by atoms with Crippen LogP contribution in [-0.4, -0.2) is 30.8 Å². The van der Waals surface area contributed by atoms with Gasteiger partial charge in [-0.1, -0.05) is 36.4 Å². The quantitative estimate of drug-likeness (QED) is 0.399. The fraction of sp³-hybridized carbons (Fsp3) is 0.185. The number of phenols is 2. The second-order valence-electron chi connectivity index (χ2n) is 8.74. The second kappa shape index (κ2) is 8.26. The Balaban J connectivity index is 1.52. The monoisotopic (exact) mass is 454 g/mol. The fourth-order valence-electron chi connectivity index (χ4n) is 4.54. The van der Waals surface area contributed by atoms with Gasteiger partial charge < -0.3 is 20.4 Å². The van der Waals surface area contributed by atoms with E-state index < -0.39 is 0 Å². The van der Waals surface area contributed by atoms with E-state index in [0.717, 1.165) is 33.8 Å². The van der Waals surface area contributed by atoms with Gasteiger partial charge >= 0.3 is 0 Å². The van der Waals surface area contributed by atoms with Crippen LogP contribution < -0.4 is 5.32 Å². The number of nitrogens with one attached hydrogen (secondary N) is 1. The summed E-state index contributed by atoms with van der Waals surface area (Å²) in [5.74, 6) is -0.718. The van der Waals surface area contributed by atoms with Crippen LogP contribution in [0, 0.1) is 20.8 Å². The SMILES string of the molecule is Cc1cccc(-n2nc(C)c(Nc3cc(O)cc(O)c3C(=O)N3Cc4ccccc4C3)c2C)c1. The van der Waals surface area contributed by atoms with Crippen molar-refractivity contribution in [2.75, 3.05) is 5.32 Å². The van der Waals surface area contributed by atoms with Gasteiger partial charge in [0.15, 0.2) is 0 Å². The lowest BCUT2D eigenvalue weighted by atomic mass is 10.1. The van der Waals surface area contributed by atoms with E-state index in [-0.39, 0.29) is 23.0 Å². The Kier molecular flexibility index (Phi) is 5.24. The molecule has 3 N–H and O–H groups in total. The van der Waals surface area contributed by atoms with Gasteiger partial charge in [0.2, 0.25) is 0 Å². The molecular weight excluding hydrogens is 428 g/mol. The molecule has 0 atom stereocenters. The van der Waals surface area contributed by atoms with Crippen LogP contribution in [0.15, 0.2) is 60.7 Å². The maximum absolute atomic E-state index is 13.5. The van der Waals surface area contributed by atoms with Gasteiger partial charge in [-0.05, 0) is 49.6 Å². The Morgan fingerprint density at radius 2 is 1.65 bits per heavy atom. The first-order valence-corrected chi connectivity index (χ1v) is 11.1. The van der Waals surface area contributed by atoms with E-state index in [1.165, 1.54) is 12.1 Å². The molecule has 0 bridgehead atoms. The number of hydrogen-bond acceptors (Lipinski definition) is 5. The van der Waals surface area contributed by atoms with E-state index in [4.69, 9.17) is 0 Å². The molecule has 2 heterocycles. The number of nitrogens with zero attached hydrogens (tertiary/aromatic N) is 3. The van der Waals surface area contributed by atoms with Crippen molar-refractivity contribution in [3.05, 3.63) is 94.3 Å². The minimum atomic E-state index is -0.308. The molecule has 1 amide bonds. The Bertz CT molecular complexity index is 1400. The van der Waals surface area contributed by atoms with Gasteiger partial charge in [0, 0.05) is 25.2 Å². The van der Waals surface area contributed by atoms with Crippen molar-refractivity contribution >= 4 is 17.3 Å². The number of rotatable bonds is 4. The molecule has 0 aliphatic carbocycles. The highest BCUT2D eigenvalue weighted by Gasteiger charge is 2.29. The van der Waals surface area contributed by atoms with Gasteiger partial charge in [0.05, 0.1) is 28.5 Å². The number of anilines is 2. The third-order valence-corrected chi connectivity index (χ3v) is 6.24. The molecule has 0 radical (unpaired) electrons. The standard InChI is InChI=1S/C27H26N4O3/c1-16-7-6-10-21(11-16)31-18(3)26(17(2)29-31)28-23-12-22(32)13-24(33)25(23)27(34)30-14-19-8-4-5-9-20(19)15-30/h4-13,28,32-33H,14-15H2,1-3H3. The van der Waals surface area contributed by atoms with Crippen LogP contribution in [0.25, 0.3) is 5.69 Å². The van der Waals surface area contributed by atoms with Crippen LogP contribution >= 0.6 is 0 Å². The molecule has 0 fully saturated rings. The Hall–Kier alpha value is -4.26. The predicted molar refractivity (Wildman–Crippen MR) is 131 cm³/mol. The molecule has 34 heavy (non-hydrogen) atoms. The molecule has 0 saturated carbocycles. The third kappa shape index (κ3) is 3.75. The normalized spacial score (nSPS) is 12.6. The van der Waals surface area contributed by atoms with Crippen molar-refractivity contribution in [2.24, 2.45) is 0 Å². The largest absolute Gasteiger partial charge is 0.508 e. The Morgan fingerprint density at radius 1 is 0.941 bits per heavy atom. The summed E-state index contributed by atoms with van der Waals surface area (Å²) < 4.78 is 1.84. The molecule has 7 nitrogen and oxygen atoms in total. The van der Waals surface area contributed by atoms with E-state index >= 15 is 0 Å². The number of hydrogen-bond donors (Lipinski definition) is 3. The van der Waals surface area contributed by atoms with E-state index in [1.54, 1.807) is 4.90 Å². The summed E-state index contributed by atoms with van der Waals surface area (Å²) in [5.41, 5.74) is 6.97. The highest BCUT2D eigenvalue weighted by Crippen LogP contribution is 2.37. The summed E-state index contributed by atoms with van der Waals surface area (Å²) in [6, 6.07) is 18.6. The minimum absolute atomic E-state index is 0.118. The molecule has 0 saturated heterocycles. The number of carbonyl (C=O) groups is 1. The van der Waals surface area contributed by atoms with Crippen LogP contribution in [0.3, 0.4) is 0 Å². The number of fused-ring (bicyclic) bond motifs is 1. The van der Waals surface area contributed by atoms with Crippen molar-refractivity contribution in [2.45, 2.75) is 33.9 Å². The van der Waals surface area contributed by atoms with E-state index in [1.807, 2.05) is 74.0 Å². The highest BCUT2D eigenvalue weighted by molar-refractivity contribution is 6.03. The molecule has 1 aliphatic heterocycles. The number of aromatic hydroxyl groups is 2. The zero-order valence-electron chi connectivity index (χ0n) is 19.3. The number of aryl methyl sites for hydroxylation is 2. The first kappa shape index (κ1) is 21.6. The molecule has 4 aromatic rings. The van der Waals surface area contributed by atoms with Crippen LogP contribution in [0.4, 0.5) is 11.4 Å². The molecule has 7 heteroatoms. The summed E-state index contributed by atoms with van der Waals surface area (Å²) in [6.45, 7) is 6.78. The summed E-state index contributed by atoms with van der Waals surface area (Å²) >= 11 is 0. The van der Waals surface area contributed by atoms with Crippen molar-refractivity contribution in [1.29, 1.82) is 0 Å². The lowest BCUT2D eigenvalue weighted by molar-refractivity contribution is 0.0749. The maximum Gasteiger partial charge on any atom is 0.260 e. The summed E-state index contributed by atoms with van der Waals surface area (Å²) in [4.78, 5) is 15.2. The van der Waals surface area contributed by atoms with Gasteiger partial charge in [0.25, 0.3) is 5.91 Å². The third-order valence-electron chi connectivity index (χ3n) is 6.24. The fourth-order valence-corrected chi connectivity index (χ4v) is 4.54. The van der Waals surface area contributed by atoms with Crippen LogP contribution in [-0.2, 0) is 13.1 Å². The molecule has 172 valence electrons. The number of phenolic OH excluding ortho intramolecular Hbond substituents is 2. The average Bonchev–Trinajstić information content (AvgIpc) is 3.35. The van der Waals surface area contributed by atoms with Crippen LogP contribution in [0.5, 0.6) is 11.5 Å². The number of amides is 1. The highest BCUT2D eigenvalue weighted by atomic mass is 16.3. The van der Waals surface area contributed by atoms with Crippen LogP contribution in [0.2, 0.25) is 0 Å². The summed E-state index contributed by atoms with van der Waals surface area (Å²) in [5, 5.41) is 28.8. The maximum atomic E-state index is 13.5. The van der Waals surface area contributed by atoms with E-state index in [0.29, 0.717) is 24.5 Å². The smallest absolute Gasteiger partial charge is 0.260 e. The number of aromatic nitrogens is 2. The van der Waals surface area contributed by atoms with Crippen molar-refractivity contribution in [3.8, 4) is 17.2 Å². The molecule has 1 aliphatic rings. The van der Waals surface area contributed by atoms with Gasteiger partial charge in [-0.15, -0.1) is 0 Å². The van der Waals surface area contributed by atoms with Gasteiger partial charge in [-0.3, -0.25) is 4.79 Å². The lowest BCUT2D eigenvalue weighted by Gasteiger charge is -2.20.